The summed E-state index contributed by atoms with van der Waals surface area (Å²) in [4.78, 5) is 28.0. The molecule has 0 aromatic carbocycles. The minimum atomic E-state index is -0.586. The molecule has 2 amide bonds. The molecule has 0 bridgehead atoms. The second kappa shape index (κ2) is 8.22. The lowest BCUT2D eigenvalue weighted by molar-refractivity contribution is -0.125. The second-order valence-electron chi connectivity index (χ2n) is 6.47. The molecule has 1 aliphatic heterocycles. The van der Waals surface area contributed by atoms with Crippen LogP contribution in [0.3, 0.4) is 0 Å². The van der Waals surface area contributed by atoms with Crippen molar-refractivity contribution in [2.45, 2.75) is 37.5 Å². The number of rotatable bonds is 7. The Kier molecular flexibility index (Phi) is 5.78. The number of ether oxygens (including phenoxy) is 1. The van der Waals surface area contributed by atoms with Gasteiger partial charge >= 0.3 is 0 Å². The molecule has 3 rings (SSSR count). The third-order valence-corrected chi connectivity index (χ3v) is 4.37. The fourth-order valence-corrected chi connectivity index (χ4v) is 2.71. The quantitative estimate of drug-likeness (QED) is 0.622. The van der Waals surface area contributed by atoms with Crippen molar-refractivity contribution >= 4 is 11.8 Å². The smallest absolute Gasteiger partial charge is 0.251 e. The fourth-order valence-electron chi connectivity index (χ4n) is 2.71. The fraction of sp³-hybridized carbons (Fsp3) is 0.500. The van der Waals surface area contributed by atoms with E-state index >= 15 is 0 Å². The van der Waals surface area contributed by atoms with Crippen LogP contribution in [0, 0.1) is 5.92 Å². The van der Waals surface area contributed by atoms with Gasteiger partial charge in [0.15, 0.2) is 0 Å². The Bertz CT molecular complexity index is 630. The molecule has 0 saturated heterocycles. The molecule has 3 N–H and O–H groups in total. The first kappa shape index (κ1) is 17.6. The van der Waals surface area contributed by atoms with E-state index in [1.54, 1.807) is 36.7 Å². The van der Waals surface area contributed by atoms with Crippen LogP contribution in [0.5, 0.6) is 0 Å². The Morgan fingerprint density at radius 1 is 1.24 bits per heavy atom. The number of pyridine rings is 1. The molecule has 134 valence electrons. The molecule has 1 aliphatic carbocycles. The van der Waals surface area contributed by atoms with Gasteiger partial charge in [-0.3, -0.25) is 14.6 Å². The van der Waals surface area contributed by atoms with Crippen LogP contribution in [0.2, 0.25) is 0 Å². The van der Waals surface area contributed by atoms with Crippen molar-refractivity contribution in [1.29, 1.82) is 0 Å². The van der Waals surface area contributed by atoms with Crippen molar-refractivity contribution in [1.82, 2.24) is 15.6 Å². The average molecular weight is 345 g/mol. The van der Waals surface area contributed by atoms with Crippen LogP contribution in [0.4, 0.5) is 0 Å². The normalized spacial score (nSPS) is 25.4. The summed E-state index contributed by atoms with van der Waals surface area (Å²) in [6, 6.07) is 2.78. The standard InChI is InChI=1S/C18H23N3O4/c22-11-16-15(21-18(24)13-5-7-19-8-6-13)4-3-14(25-16)9-17(23)20-10-12-1-2-12/h3-8,12,14-16,22H,1-2,9-11H2,(H,20,23)(H,21,24)/t14-,15+,16+/m1/s1. The van der Waals surface area contributed by atoms with Gasteiger partial charge in [0.2, 0.25) is 5.91 Å². The summed E-state index contributed by atoms with van der Waals surface area (Å²) in [6.45, 7) is 0.481. The van der Waals surface area contributed by atoms with Crippen molar-refractivity contribution < 1.29 is 19.4 Å². The summed E-state index contributed by atoms with van der Waals surface area (Å²) in [5.74, 6) is 0.307. The van der Waals surface area contributed by atoms with Crippen molar-refractivity contribution in [2.75, 3.05) is 13.2 Å². The van der Waals surface area contributed by atoms with Gasteiger partial charge in [-0.25, -0.2) is 0 Å². The highest BCUT2D eigenvalue weighted by Crippen LogP contribution is 2.27. The van der Waals surface area contributed by atoms with Crippen molar-refractivity contribution in [3.8, 4) is 0 Å². The number of nitrogens with zero attached hydrogens (tertiary/aromatic N) is 1. The maximum Gasteiger partial charge on any atom is 0.251 e. The molecule has 1 aromatic rings. The van der Waals surface area contributed by atoms with E-state index in [9.17, 15) is 14.7 Å². The summed E-state index contributed by atoms with van der Waals surface area (Å²) in [6.07, 6.45) is 8.23. The van der Waals surface area contributed by atoms with E-state index < -0.39 is 18.2 Å². The van der Waals surface area contributed by atoms with Crippen LogP contribution in [0.1, 0.15) is 29.6 Å². The van der Waals surface area contributed by atoms with Gasteiger partial charge in [0, 0.05) is 24.5 Å². The first-order valence-corrected chi connectivity index (χ1v) is 8.58. The Hall–Kier alpha value is -2.25. The van der Waals surface area contributed by atoms with E-state index in [1.165, 1.54) is 12.8 Å². The zero-order chi connectivity index (χ0) is 17.6. The summed E-state index contributed by atoms with van der Waals surface area (Å²) < 4.78 is 5.75. The van der Waals surface area contributed by atoms with Gasteiger partial charge < -0.3 is 20.5 Å². The highest BCUT2D eigenvalue weighted by Gasteiger charge is 2.29. The monoisotopic (exact) mass is 345 g/mol. The van der Waals surface area contributed by atoms with Gasteiger partial charge in [-0.1, -0.05) is 12.2 Å². The maximum absolute atomic E-state index is 12.2. The maximum atomic E-state index is 12.2. The first-order valence-electron chi connectivity index (χ1n) is 8.58. The molecule has 25 heavy (non-hydrogen) atoms. The Labute approximate surface area is 146 Å². The summed E-state index contributed by atoms with van der Waals surface area (Å²) in [5.41, 5.74) is 0.488. The number of carbonyl (C=O) groups is 2. The summed E-state index contributed by atoms with van der Waals surface area (Å²) in [5, 5.41) is 15.3. The molecule has 7 heteroatoms. The molecule has 3 atom stereocenters. The highest BCUT2D eigenvalue weighted by atomic mass is 16.5. The number of nitrogens with one attached hydrogen (secondary N) is 2. The van der Waals surface area contributed by atoms with Gasteiger partial charge in [0.05, 0.1) is 25.2 Å². The Balaban J connectivity index is 1.53. The predicted molar refractivity (Wildman–Crippen MR) is 90.7 cm³/mol. The largest absolute Gasteiger partial charge is 0.394 e. The van der Waals surface area contributed by atoms with Crippen molar-refractivity contribution in [3.05, 3.63) is 42.2 Å². The van der Waals surface area contributed by atoms with E-state index in [2.05, 4.69) is 15.6 Å². The first-order chi connectivity index (χ1) is 12.2. The highest BCUT2D eigenvalue weighted by molar-refractivity contribution is 5.94. The minimum absolute atomic E-state index is 0.0579. The average Bonchev–Trinajstić information content (AvgIpc) is 3.46. The Morgan fingerprint density at radius 2 is 2.00 bits per heavy atom. The third kappa shape index (κ3) is 5.11. The number of aromatic nitrogens is 1. The number of carbonyl (C=O) groups excluding carboxylic acids is 2. The zero-order valence-corrected chi connectivity index (χ0v) is 13.9. The molecular weight excluding hydrogens is 322 g/mol. The van der Waals surface area contributed by atoms with Crippen LogP contribution in [0.15, 0.2) is 36.7 Å². The van der Waals surface area contributed by atoms with Crippen LogP contribution >= 0.6 is 0 Å². The predicted octanol–water partition coefficient (Wildman–Crippen LogP) is 0.412. The molecule has 0 unspecified atom stereocenters. The van der Waals surface area contributed by atoms with Gasteiger partial charge in [-0.15, -0.1) is 0 Å². The third-order valence-electron chi connectivity index (χ3n) is 4.37. The topological polar surface area (TPSA) is 101 Å². The number of amides is 2. The van der Waals surface area contributed by atoms with E-state index in [0.717, 1.165) is 6.54 Å². The van der Waals surface area contributed by atoms with E-state index in [1.807, 2.05) is 0 Å². The molecule has 2 heterocycles. The van der Waals surface area contributed by atoms with E-state index in [4.69, 9.17) is 4.74 Å². The molecule has 2 aliphatic rings. The number of hydrogen-bond acceptors (Lipinski definition) is 5. The molecular formula is C18H23N3O4. The van der Waals surface area contributed by atoms with E-state index in [0.29, 0.717) is 11.5 Å². The van der Waals surface area contributed by atoms with Crippen molar-refractivity contribution in [3.63, 3.8) is 0 Å². The molecule has 0 spiro atoms. The van der Waals surface area contributed by atoms with E-state index in [-0.39, 0.29) is 24.8 Å². The van der Waals surface area contributed by atoms with Gasteiger partial charge in [0.1, 0.15) is 6.10 Å². The van der Waals surface area contributed by atoms with Crippen LogP contribution in [0.25, 0.3) is 0 Å². The summed E-state index contributed by atoms with van der Waals surface area (Å²) >= 11 is 0. The minimum Gasteiger partial charge on any atom is -0.394 e. The Morgan fingerprint density at radius 3 is 2.68 bits per heavy atom. The number of hydrogen-bond donors (Lipinski definition) is 3. The number of aliphatic hydroxyl groups excluding tert-OH is 1. The van der Waals surface area contributed by atoms with Crippen LogP contribution < -0.4 is 10.6 Å². The lowest BCUT2D eigenvalue weighted by atomic mass is 10.0. The lowest BCUT2D eigenvalue weighted by Crippen LogP contribution is -2.49. The van der Waals surface area contributed by atoms with Gasteiger partial charge in [0.25, 0.3) is 5.91 Å². The molecule has 7 nitrogen and oxygen atoms in total. The van der Waals surface area contributed by atoms with Gasteiger partial charge in [-0.05, 0) is 30.9 Å². The molecule has 1 aromatic heterocycles. The van der Waals surface area contributed by atoms with Crippen molar-refractivity contribution in [2.24, 2.45) is 5.92 Å². The molecule has 1 saturated carbocycles. The van der Waals surface area contributed by atoms with Gasteiger partial charge in [-0.2, -0.15) is 0 Å². The van der Waals surface area contributed by atoms with Crippen LogP contribution in [-0.4, -0.2) is 53.3 Å². The SMILES string of the molecule is O=C(C[C@H]1C=C[C@H](NC(=O)c2ccncc2)[C@H](CO)O1)NCC1CC1. The second-order valence-corrected chi connectivity index (χ2v) is 6.47. The zero-order valence-electron chi connectivity index (χ0n) is 13.9. The summed E-state index contributed by atoms with van der Waals surface area (Å²) in [7, 11) is 0. The van der Waals surface area contributed by atoms with Crippen LogP contribution in [-0.2, 0) is 9.53 Å². The molecule has 1 fully saturated rings. The lowest BCUT2D eigenvalue weighted by Gasteiger charge is -2.31. The number of aliphatic hydroxyl groups is 1. The molecule has 0 radical (unpaired) electrons.